The summed E-state index contributed by atoms with van der Waals surface area (Å²) in [4.78, 5) is 12.4. The fourth-order valence-corrected chi connectivity index (χ4v) is 2.94. The van der Waals surface area contributed by atoms with Crippen molar-refractivity contribution in [2.24, 2.45) is 11.7 Å². The first-order chi connectivity index (χ1) is 9.65. The van der Waals surface area contributed by atoms with E-state index in [0.29, 0.717) is 28.8 Å². The average Bonchev–Trinajstić information content (AvgIpc) is 2.47. The molecule has 2 atom stereocenters. The lowest BCUT2D eigenvalue weighted by molar-refractivity contribution is 0.0905. The molecule has 1 amide bonds. The number of methoxy groups -OCH3 is 1. The summed E-state index contributed by atoms with van der Waals surface area (Å²) in [6, 6.07) is 5.19. The Kier molecular flexibility index (Phi) is 5.26. The van der Waals surface area contributed by atoms with E-state index in [1.54, 1.807) is 18.2 Å². The molecule has 5 heteroatoms. The third-order valence-corrected chi connectivity index (χ3v) is 4.17. The molecule has 1 aliphatic carbocycles. The Labute approximate surface area is 124 Å². The molecule has 0 aliphatic heterocycles. The Hall–Kier alpha value is -1.26. The number of hydrogen-bond donors (Lipinski definition) is 2. The summed E-state index contributed by atoms with van der Waals surface area (Å²) >= 11 is 5.91. The third-order valence-electron chi connectivity index (χ3n) is 3.94. The minimum atomic E-state index is -0.121. The molecule has 1 aromatic rings. The Bertz CT molecular complexity index is 479. The highest BCUT2D eigenvalue weighted by Gasteiger charge is 2.26. The molecule has 2 rings (SSSR count). The molecule has 1 saturated carbocycles. The van der Waals surface area contributed by atoms with Gasteiger partial charge in [-0.05, 0) is 43.5 Å². The maximum Gasteiger partial charge on any atom is 0.255 e. The lowest BCUT2D eigenvalue weighted by Crippen LogP contribution is -2.44. The molecule has 0 heterocycles. The Morgan fingerprint density at radius 2 is 2.20 bits per heavy atom. The zero-order valence-electron chi connectivity index (χ0n) is 11.7. The Balaban J connectivity index is 2.11. The van der Waals surface area contributed by atoms with Crippen LogP contribution in [0.2, 0.25) is 5.02 Å². The molecule has 20 heavy (non-hydrogen) atoms. The highest BCUT2D eigenvalue weighted by Crippen LogP contribution is 2.26. The molecule has 0 saturated heterocycles. The summed E-state index contributed by atoms with van der Waals surface area (Å²) in [6.07, 6.45) is 4.40. The molecule has 110 valence electrons. The van der Waals surface area contributed by atoms with Gasteiger partial charge in [0.15, 0.2) is 0 Å². The van der Waals surface area contributed by atoms with Gasteiger partial charge in [0.1, 0.15) is 5.75 Å². The zero-order valence-corrected chi connectivity index (χ0v) is 12.5. The normalized spacial score (nSPS) is 22.4. The van der Waals surface area contributed by atoms with E-state index in [2.05, 4.69) is 5.32 Å². The minimum Gasteiger partial charge on any atom is -0.496 e. The first-order valence-corrected chi connectivity index (χ1v) is 7.38. The molecule has 2 unspecified atom stereocenters. The van der Waals surface area contributed by atoms with E-state index in [-0.39, 0.29) is 11.9 Å². The molecular formula is C15H21ClN2O2. The van der Waals surface area contributed by atoms with Crippen molar-refractivity contribution in [1.29, 1.82) is 0 Å². The first kappa shape index (κ1) is 15.1. The first-order valence-electron chi connectivity index (χ1n) is 7.00. The molecule has 1 aliphatic rings. The van der Waals surface area contributed by atoms with Crippen LogP contribution in [0.1, 0.15) is 36.0 Å². The summed E-state index contributed by atoms with van der Waals surface area (Å²) in [5.41, 5.74) is 6.30. The molecule has 0 bridgehead atoms. The van der Waals surface area contributed by atoms with Gasteiger partial charge < -0.3 is 15.8 Å². The van der Waals surface area contributed by atoms with Crippen LogP contribution < -0.4 is 15.8 Å². The number of benzene rings is 1. The van der Waals surface area contributed by atoms with Crippen molar-refractivity contribution < 1.29 is 9.53 Å². The van der Waals surface area contributed by atoms with Gasteiger partial charge in [0.2, 0.25) is 0 Å². The number of hydrogen-bond acceptors (Lipinski definition) is 3. The van der Waals surface area contributed by atoms with E-state index < -0.39 is 0 Å². The van der Waals surface area contributed by atoms with Crippen LogP contribution in [0.3, 0.4) is 0 Å². The molecular weight excluding hydrogens is 276 g/mol. The van der Waals surface area contributed by atoms with Gasteiger partial charge >= 0.3 is 0 Å². The largest absolute Gasteiger partial charge is 0.496 e. The summed E-state index contributed by atoms with van der Waals surface area (Å²) in [5.74, 6) is 0.741. The van der Waals surface area contributed by atoms with Crippen LogP contribution in [0, 0.1) is 5.92 Å². The average molecular weight is 297 g/mol. The van der Waals surface area contributed by atoms with Crippen LogP contribution in [0.15, 0.2) is 18.2 Å². The third kappa shape index (κ3) is 3.44. The summed E-state index contributed by atoms with van der Waals surface area (Å²) in [6.45, 7) is 0.614. The second-order valence-electron chi connectivity index (χ2n) is 5.20. The minimum absolute atomic E-state index is 0.121. The smallest absolute Gasteiger partial charge is 0.255 e. The molecule has 0 spiro atoms. The molecule has 1 fully saturated rings. The summed E-state index contributed by atoms with van der Waals surface area (Å²) in [5, 5.41) is 3.64. The van der Waals surface area contributed by atoms with Crippen LogP contribution in [0.5, 0.6) is 5.75 Å². The van der Waals surface area contributed by atoms with Gasteiger partial charge in [-0.25, -0.2) is 0 Å². The molecule has 4 nitrogen and oxygen atoms in total. The molecule has 1 aromatic carbocycles. The fraction of sp³-hybridized carbons (Fsp3) is 0.533. The number of amides is 1. The van der Waals surface area contributed by atoms with Crippen LogP contribution in [0.4, 0.5) is 0 Å². The van der Waals surface area contributed by atoms with E-state index in [1.807, 2.05) is 0 Å². The zero-order chi connectivity index (χ0) is 14.5. The van der Waals surface area contributed by atoms with E-state index in [0.717, 1.165) is 19.3 Å². The highest BCUT2D eigenvalue weighted by molar-refractivity contribution is 6.30. The van der Waals surface area contributed by atoms with Crippen molar-refractivity contribution in [2.75, 3.05) is 13.7 Å². The number of halogens is 1. The van der Waals surface area contributed by atoms with Crippen molar-refractivity contribution in [3.05, 3.63) is 28.8 Å². The Morgan fingerprint density at radius 1 is 1.45 bits per heavy atom. The summed E-state index contributed by atoms with van der Waals surface area (Å²) < 4.78 is 5.22. The monoisotopic (exact) mass is 296 g/mol. The van der Waals surface area contributed by atoms with Crippen LogP contribution in [-0.2, 0) is 0 Å². The van der Waals surface area contributed by atoms with Crippen molar-refractivity contribution >= 4 is 17.5 Å². The van der Waals surface area contributed by atoms with Crippen molar-refractivity contribution in [2.45, 2.75) is 31.7 Å². The topological polar surface area (TPSA) is 64.3 Å². The van der Waals surface area contributed by atoms with Gasteiger partial charge in [0, 0.05) is 11.1 Å². The van der Waals surface area contributed by atoms with Gasteiger partial charge in [-0.15, -0.1) is 0 Å². The maximum absolute atomic E-state index is 12.4. The predicted octanol–water partition coefficient (Wildman–Crippen LogP) is 2.60. The van der Waals surface area contributed by atoms with Crippen molar-refractivity contribution in [1.82, 2.24) is 5.32 Å². The second kappa shape index (κ2) is 6.95. The van der Waals surface area contributed by atoms with Crippen LogP contribution in [-0.4, -0.2) is 25.6 Å². The molecule has 3 N–H and O–H groups in total. The van der Waals surface area contributed by atoms with Crippen molar-refractivity contribution in [3.63, 3.8) is 0 Å². The van der Waals surface area contributed by atoms with Crippen LogP contribution >= 0.6 is 11.6 Å². The van der Waals surface area contributed by atoms with Crippen LogP contribution in [0.25, 0.3) is 0 Å². The van der Waals surface area contributed by atoms with Crippen molar-refractivity contribution in [3.8, 4) is 5.75 Å². The lowest BCUT2D eigenvalue weighted by atomic mass is 9.84. The van der Waals surface area contributed by atoms with E-state index in [1.165, 1.54) is 13.5 Å². The predicted molar refractivity (Wildman–Crippen MR) is 80.3 cm³/mol. The van der Waals surface area contributed by atoms with Gasteiger partial charge in [0.05, 0.1) is 12.7 Å². The SMILES string of the molecule is COc1cc(Cl)ccc1C(=O)NC1CCCCC1CN. The number of carbonyl (C=O) groups excluding carboxylic acids is 1. The van der Waals surface area contributed by atoms with E-state index in [9.17, 15) is 4.79 Å². The fourth-order valence-electron chi connectivity index (χ4n) is 2.78. The second-order valence-corrected chi connectivity index (χ2v) is 5.64. The Morgan fingerprint density at radius 3 is 2.90 bits per heavy atom. The number of nitrogens with two attached hydrogens (primary N) is 1. The van der Waals surface area contributed by atoms with Gasteiger partial charge in [0.25, 0.3) is 5.91 Å². The van der Waals surface area contributed by atoms with Gasteiger partial charge in [-0.3, -0.25) is 4.79 Å². The molecule has 0 aromatic heterocycles. The number of nitrogens with one attached hydrogen (secondary N) is 1. The van der Waals surface area contributed by atoms with Gasteiger partial charge in [-0.2, -0.15) is 0 Å². The van der Waals surface area contributed by atoms with E-state index >= 15 is 0 Å². The number of rotatable bonds is 4. The lowest BCUT2D eigenvalue weighted by Gasteiger charge is -2.31. The quantitative estimate of drug-likeness (QED) is 0.897. The van der Waals surface area contributed by atoms with E-state index in [4.69, 9.17) is 22.1 Å². The number of carbonyl (C=O) groups is 1. The number of ether oxygens (including phenoxy) is 1. The standard InChI is InChI=1S/C15H21ClN2O2/c1-20-14-8-11(16)6-7-12(14)15(19)18-13-5-3-2-4-10(13)9-17/h6-8,10,13H,2-5,9,17H2,1H3,(H,18,19). The molecule has 0 radical (unpaired) electrons. The highest BCUT2D eigenvalue weighted by atomic mass is 35.5. The maximum atomic E-state index is 12.4. The van der Waals surface area contributed by atoms with Gasteiger partial charge in [-0.1, -0.05) is 24.4 Å². The summed E-state index contributed by atoms with van der Waals surface area (Å²) in [7, 11) is 1.53.